The Hall–Kier alpha value is -3.26. The number of hydrogen-bond donors (Lipinski definition) is 1. The molecule has 1 aromatic heterocycles. The lowest BCUT2D eigenvalue weighted by Gasteiger charge is -2.44. The van der Waals surface area contributed by atoms with E-state index in [1.165, 1.54) is 0 Å². The molecule has 1 aromatic carbocycles. The topological polar surface area (TPSA) is 91.8 Å². The van der Waals surface area contributed by atoms with Gasteiger partial charge in [-0.25, -0.2) is 0 Å². The van der Waals surface area contributed by atoms with E-state index in [4.69, 9.17) is 4.74 Å². The molecule has 0 saturated carbocycles. The van der Waals surface area contributed by atoms with Gasteiger partial charge in [0.25, 0.3) is 5.91 Å². The average Bonchev–Trinajstić information content (AvgIpc) is 3.21. The summed E-state index contributed by atoms with van der Waals surface area (Å²) < 4.78 is 6.27. The van der Waals surface area contributed by atoms with Crippen LogP contribution in [0, 0.1) is 12.3 Å². The Morgan fingerprint density at radius 2 is 1.78 bits per heavy atom. The number of amides is 3. The first kappa shape index (κ1) is 25.8. The molecule has 8 nitrogen and oxygen atoms in total. The molecule has 2 aliphatic rings. The van der Waals surface area contributed by atoms with Gasteiger partial charge < -0.3 is 15.0 Å². The number of piperidine rings is 1. The van der Waals surface area contributed by atoms with Crippen molar-refractivity contribution < 1.29 is 19.1 Å². The minimum atomic E-state index is -0.923. The van der Waals surface area contributed by atoms with Crippen molar-refractivity contribution in [2.24, 2.45) is 5.41 Å². The van der Waals surface area contributed by atoms with Crippen LogP contribution in [0.15, 0.2) is 48.7 Å². The summed E-state index contributed by atoms with van der Waals surface area (Å²) >= 11 is 0. The van der Waals surface area contributed by atoms with Crippen LogP contribution < -0.4 is 5.32 Å². The molecule has 0 unspecified atom stereocenters. The average molecular weight is 493 g/mol. The van der Waals surface area contributed by atoms with Crippen molar-refractivity contribution in [2.75, 3.05) is 19.7 Å². The van der Waals surface area contributed by atoms with Crippen LogP contribution in [0.25, 0.3) is 0 Å². The first-order valence-electron chi connectivity index (χ1n) is 12.6. The number of pyridine rings is 1. The highest BCUT2D eigenvalue weighted by atomic mass is 16.5. The van der Waals surface area contributed by atoms with Crippen molar-refractivity contribution in [3.8, 4) is 0 Å². The second-order valence-corrected chi connectivity index (χ2v) is 11.0. The minimum absolute atomic E-state index is 0.0969. The predicted octanol–water partition coefficient (Wildman–Crippen LogP) is 3.30. The van der Waals surface area contributed by atoms with Crippen molar-refractivity contribution in [2.45, 2.75) is 65.3 Å². The van der Waals surface area contributed by atoms with Crippen molar-refractivity contribution in [3.05, 3.63) is 65.5 Å². The van der Waals surface area contributed by atoms with Gasteiger partial charge >= 0.3 is 0 Å². The van der Waals surface area contributed by atoms with E-state index in [1.807, 2.05) is 62.9 Å². The van der Waals surface area contributed by atoms with Crippen molar-refractivity contribution >= 4 is 17.7 Å². The molecule has 36 heavy (non-hydrogen) atoms. The number of nitrogens with one attached hydrogen (secondary N) is 1. The van der Waals surface area contributed by atoms with Gasteiger partial charge in [-0.15, -0.1) is 0 Å². The Morgan fingerprint density at radius 1 is 1.08 bits per heavy atom. The second-order valence-electron chi connectivity index (χ2n) is 11.0. The summed E-state index contributed by atoms with van der Waals surface area (Å²) in [7, 11) is 0. The number of likely N-dealkylation sites (tertiary alicyclic amines) is 1. The lowest BCUT2D eigenvalue weighted by atomic mass is 9.90. The standard InChI is InChI=1S/C28H36N4O4/c1-20-8-10-21(11-9-20)26(35)32-23(25(34)30-18-22-7-5-6-14-29-22)19-36-28(32)12-15-31(16-13-28)24(33)17-27(2,3)4/h5-11,14,23H,12-13,15-19H2,1-4H3,(H,30,34)/t23-/m1/s1. The molecule has 3 amide bonds. The Bertz CT molecular complexity index is 1090. The molecule has 0 bridgehead atoms. The number of carbonyl (C=O) groups is 3. The highest BCUT2D eigenvalue weighted by Crippen LogP contribution is 2.39. The fraction of sp³-hybridized carbons (Fsp3) is 0.500. The lowest BCUT2D eigenvalue weighted by Crippen LogP contribution is -2.59. The fourth-order valence-electron chi connectivity index (χ4n) is 4.87. The third-order valence-electron chi connectivity index (χ3n) is 6.83. The molecule has 8 heteroatoms. The lowest BCUT2D eigenvalue weighted by molar-refractivity contribution is -0.145. The monoisotopic (exact) mass is 492 g/mol. The summed E-state index contributed by atoms with van der Waals surface area (Å²) in [6.07, 6.45) is 3.07. The number of hydrogen-bond acceptors (Lipinski definition) is 5. The number of benzene rings is 1. The molecular weight excluding hydrogens is 456 g/mol. The quantitative estimate of drug-likeness (QED) is 0.692. The van der Waals surface area contributed by atoms with Gasteiger partial charge in [-0.1, -0.05) is 44.5 Å². The zero-order chi connectivity index (χ0) is 25.9. The highest BCUT2D eigenvalue weighted by Gasteiger charge is 2.54. The summed E-state index contributed by atoms with van der Waals surface area (Å²) in [6, 6.07) is 12.1. The molecule has 2 aromatic rings. The van der Waals surface area contributed by atoms with Crippen LogP contribution in [0.4, 0.5) is 0 Å². The number of carbonyl (C=O) groups excluding carboxylic acids is 3. The number of aromatic nitrogens is 1. The van der Waals surface area contributed by atoms with Gasteiger partial charge in [0.1, 0.15) is 11.8 Å². The predicted molar refractivity (Wildman–Crippen MR) is 136 cm³/mol. The Labute approximate surface area is 213 Å². The van der Waals surface area contributed by atoms with Crippen LogP contribution >= 0.6 is 0 Å². The van der Waals surface area contributed by atoms with Crippen LogP contribution in [0.2, 0.25) is 0 Å². The largest absolute Gasteiger partial charge is 0.353 e. The first-order valence-corrected chi connectivity index (χ1v) is 12.6. The smallest absolute Gasteiger partial charge is 0.256 e. The van der Waals surface area contributed by atoms with Gasteiger partial charge in [0, 0.05) is 44.1 Å². The molecule has 0 aliphatic carbocycles. The van der Waals surface area contributed by atoms with Crippen LogP contribution in [-0.2, 0) is 20.9 Å². The van der Waals surface area contributed by atoms with E-state index in [9.17, 15) is 14.4 Å². The Kier molecular flexibility index (Phi) is 7.45. The molecule has 2 fully saturated rings. The third-order valence-corrected chi connectivity index (χ3v) is 6.83. The second kappa shape index (κ2) is 10.4. The molecule has 1 N–H and O–H groups in total. The van der Waals surface area contributed by atoms with Gasteiger partial charge in [0.05, 0.1) is 18.8 Å². The van der Waals surface area contributed by atoms with E-state index in [0.717, 1.165) is 11.3 Å². The normalized spacial score (nSPS) is 19.4. The van der Waals surface area contributed by atoms with Gasteiger partial charge in [-0.3, -0.25) is 24.3 Å². The SMILES string of the molecule is Cc1ccc(C(=O)N2[C@@H](C(=O)NCc3ccccn3)COC23CCN(C(=O)CC(C)(C)C)CC3)cc1. The van der Waals surface area contributed by atoms with Crippen LogP contribution in [0.3, 0.4) is 0 Å². The number of rotatable bonds is 5. The zero-order valence-corrected chi connectivity index (χ0v) is 21.6. The number of ether oxygens (including phenoxy) is 1. The van der Waals surface area contributed by atoms with Crippen molar-refractivity contribution in [1.29, 1.82) is 0 Å². The maximum Gasteiger partial charge on any atom is 0.256 e. The Morgan fingerprint density at radius 3 is 2.39 bits per heavy atom. The van der Waals surface area contributed by atoms with Gasteiger partial charge in [0.15, 0.2) is 0 Å². The molecule has 4 rings (SSSR count). The van der Waals surface area contributed by atoms with Crippen LogP contribution in [0.1, 0.15) is 61.6 Å². The summed E-state index contributed by atoms with van der Waals surface area (Å²) in [5.74, 6) is -0.402. The van der Waals surface area contributed by atoms with E-state index in [-0.39, 0.29) is 36.3 Å². The zero-order valence-electron chi connectivity index (χ0n) is 21.6. The molecule has 1 atom stereocenters. The molecule has 2 aliphatic heterocycles. The third kappa shape index (κ3) is 5.75. The number of aryl methyl sites for hydroxylation is 1. The summed E-state index contributed by atoms with van der Waals surface area (Å²) in [4.78, 5) is 47.6. The Balaban J connectivity index is 1.54. The van der Waals surface area contributed by atoms with E-state index in [0.29, 0.717) is 37.9 Å². The van der Waals surface area contributed by atoms with Crippen LogP contribution in [-0.4, -0.2) is 64.0 Å². The number of nitrogens with zero attached hydrogens (tertiary/aromatic N) is 3. The molecule has 2 saturated heterocycles. The van der Waals surface area contributed by atoms with Gasteiger partial charge in [0.2, 0.25) is 11.8 Å². The first-order chi connectivity index (χ1) is 17.1. The van der Waals surface area contributed by atoms with E-state index < -0.39 is 11.8 Å². The van der Waals surface area contributed by atoms with E-state index >= 15 is 0 Å². The molecule has 0 radical (unpaired) electrons. The van der Waals surface area contributed by atoms with E-state index in [1.54, 1.807) is 23.2 Å². The minimum Gasteiger partial charge on any atom is -0.353 e. The van der Waals surface area contributed by atoms with Crippen molar-refractivity contribution in [3.63, 3.8) is 0 Å². The maximum absolute atomic E-state index is 13.8. The molecule has 192 valence electrons. The van der Waals surface area contributed by atoms with Gasteiger partial charge in [-0.05, 0) is 36.6 Å². The van der Waals surface area contributed by atoms with E-state index in [2.05, 4.69) is 10.3 Å². The molecule has 3 heterocycles. The maximum atomic E-state index is 13.8. The van der Waals surface area contributed by atoms with Gasteiger partial charge in [-0.2, -0.15) is 0 Å². The molecule has 1 spiro atoms. The van der Waals surface area contributed by atoms with Crippen LogP contribution in [0.5, 0.6) is 0 Å². The summed E-state index contributed by atoms with van der Waals surface area (Å²) in [5, 5.41) is 2.92. The molecular formula is C28H36N4O4. The van der Waals surface area contributed by atoms with Crippen molar-refractivity contribution in [1.82, 2.24) is 20.1 Å². The fourth-order valence-corrected chi connectivity index (χ4v) is 4.87. The summed E-state index contributed by atoms with van der Waals surface area (Å²) in [5.41, 5.74) is 1.28. The highest BCUT2D eigenvalue weighted by molar-refractivity contribution is 5.98. The summed E-state index contributed by atoms with van der Waals surface area (Å²) in [6.45, 7) is 9.45.